The summed E-state index contributed by atoms with van der Waals surface area (Å²) >= 11 is 3.31. The first-order valence-electron chi connectivity index (χ1n) is 5.92. The summed E-state index contributed by atoms with van der Waals surface area (Å²) in [6, 6.07) is 3.54. The minimum absolute atomic E-state index is 0.337. The maximum Gasteiger partial charge on any atom is 0.194 e. The molecule has 1 unspecified atom stereocenters. The van der Waals surface area contributed by atoms with Crippen LogP contribution in [0.4, 0.5) is 13.2 Å². The first kappa shape index (κ1) is 15.0. The second-order valence-electron chi connectivity index (χ2n) is 4.36. The van der Waals surface area contributed by atoms with Gasteiger partial charge in [0.15, 0.2) is 17.5 Å². The predicted molar refractivity (Wildman–Crippen MR) is 73.8 cm³/mol. The Balaban J connectivity index is 2.29. The molecule has 2 nitrogen and oxygen atoms in total. The summed E-state index contributed by atoms with van der Waals surface area (Å²) in [6.07, 6.45) is 3.80. The average Bonchev–Trinajstić information content (AvgIpc) is 2.41. The second kappa shape index (κ2) is 6.37. The van der Waals surface area contributed by atoms with Crippen LogP contribution in [0, 0.1) is 17.5 Å². The number of benzene rings is 1. The van der Waals surface area contributed by atoms with E-state index in [4.69, 9.17) is 0 Å². The van der Waals surface area contributed by atoms with E-state index in [1.165, 1.54) is 0 Å². The van der Waals surface area contributed by atoms with E-state index < -0.39 is 17.5 Å². The van der Waals surface area contributed by atoms with Crippen LogP contribution in [-0.4, -0.2) is 12.0 Å². The molecular formula is C14H12BrF3N2. The lowest BCUT2D eigenvalue weighted by atomic mass is 9.99. The van der Waals surface area contributed by atoms with Gasteiger partial charge in [-0.05, 0) is 58.7 Å². The van der Waals surface area contributed by atoms with E-state index in [1.807, 2.05) is 6.07 Å². The van der Waals surface area contributed by atoms with Crippen molar-refractivity contribution in [2.24, 2.45) is 0 Å². The van der Waals surface area contributed by atoms with Crippen LogP contribution in [0.25, 0.3) is 0 Å². The van der Waals surface area contributed by atoms with Gasteiger partial charge in [0.05, 0.1) is 0 Å². The maximum atomic E-state index is 13.3. The van der Waals surface area contributed by atoms with Crippen LogP contribution in [0.3, 0.4) is 0 Å². The van der Waals surface area contributed by atoms with Gasteiger partial charge >= 0.3 is 0 Å². The Labute approximate surface area is 123 Å². The molecule has 0 aliphatic rings. The summed E-state index contributed by atoms with van der Waals surface area (Å²) in [5, 5.41) is 2.96. The van der Waals surface area contributed by atoms with Gasteiger partial charge in [-0.3, -0.25) is 4.98 Å². The molecule has 6 heteroatoms. The van der Waals surface area contributed by atoms with Crippen LogP contribution in [0.2, 0.25) is 0 Å². The standard InChI is InChI=1S/C14H12BrF3N2/c1-19-13(3-8-2-10(15)7-20-6-8)9-4-11(16)14(18)12(17)5-9/h2,4-7,13,19H,3H2,1H3. The van der Waals surface area contributed by atoms with Crippen molar-refractivity contribution in [2.75, 3.05) is 7.05 Å². The van der Waals surface area contributed by atoms with Gasteiger partial charge in [0.25, 0.3) is 0 Å². The molecule has 1 N–H and O–H groups in total. The monoisotopic (exact) mass is 344 g/mol. The quantitative estimate of drug-likeness (QED) is 0.854. The average molecular weight is 345 g/mol. The molecule has 0 radical (unpaired) electrons. The Morgan fingerprint density at radius 3 is 2.35 bits per heavy atom. The number of halogens is 4. The SMILES string of the molecule is CNC(Cc1cncc(Br)c1)c1cc(F)c(F)c(F)c1. The highest BCUT2D eigenvalue weighted by atomic mass is 79.9. The molecule has 1 atom stereocenters. The Hall–Kier alpha value is -1.40. The number of aromatic nitrogens is 1. The van der Waals surface area contributed by atoms with Gasteiger partial charge in [0.1, 0.15) is 0 Å². The zero-order valence-electron chi connectivity index (χ0n) is 10.6. The van der Waals surface area contributed by atoms with E-state index >= 15 is 0 Å². The fourth-order valence-electron chi connectivity index (χ4n) is 1.97. The third kappa shape index (κ3) is 3.37. The van der Waals surface area contributed by atoms with Crippen molar-refractivity contribution < 1.29 is 13.2 Å². The lowest BCUT2D eigenvalue weighted by molar-refractivity contribution is 0.441. The Morgan fingerprint density at radius 2 is 1.80 bits per heavy atom. The molecule has 106 valence electrons. The molecule has 1 heterocycles. The van der Waals surface area contributed by atoms with Gasteiger partial charge in [-0.1, -0.05) is 0 Å². The first-order valence-corrected chi connectivity index (χ1v) is 6.71. The van der Waals surface area contributed by atoms with Crippen molar-refractivity contribution in [1.29, 1.82) is 0 Å². The smallest absolute Gasteiger partial charge is 0.194 e. The number of hydrogen-bond donors (Lipinski definition) is 1. The number of nitrogens with zero attached hydrogens (tertiary/aromatic N) is 1. The Kier molecular flexibility index (Phi) is 4.77. The molecule has 2 aromatic rings. The molecule has 1 aromatic carbocycles. The summed E-state index contributed by atoms with van der Waals surface area (Å²) in [6.45, 7) is 0. The van der Waals surface area contributed by atoms with E-state index in [0.717, 1.165) is 22.2 Å². The highest BCUT2D eigenvalue weighted by molar-refractivity contribution is 9.10. The lowest BCUT2D eigenvalue weighted by Crippen LogP contribution is -2.19. The lowest BCUT2D eigenvalue weighted by Gasteiger charge is -2.17. The number of hydrogen-bond acceptors (Lipinski definition) is 2. The van der Waals surface area contributed by atoms with Crippen LogP contribution in [0.1, 0.15) is 17.2 Å². The first-order chi connectivity index (χ1) is 9.51. The van der Waals surface area contributed by atoms with Crippen LogP contribution in [-0.2, 0) is 6.42 Å². The maximum absolute atomic E-state index is 13.3. The molecule has 0 aliphatic carbocycles. The zero-order valence-corrected chi connectivity index (χ0v) is 12.2. The fraction of sp³-hybridized carbons (Fsp3) is 0.214. The molecule has 0 fully saturated rings. The topological polar surface area (TPSA) is 24.9 Å². The Morgan fingerprint density at radius 1 is 1.15 bits per heavy atom. The van der Waals surface area contributed by atoms with Crippen LogP contribution in [0.15, 0.2) is 35.1 Å². The van der Waals surface area contributed by atoms with Crippen molar-refractivity contribution >= 4 is 15.9 Å². The van der Waals surface area contributed by atoms with Crippen molar-refractivity contribution in [2.45, 2.75) is 12.5 Å². The van der Waals surface area contributed by atoms with Gasteiger partial charge < -0.3 is 5.32 Å². The van der Waals surface area contributed by atoms with E-state index in [9.17, 15) is 13.2 Å². The highest BCUT2D eigenvalue weighted by Gasteiger charge is 2.17. The molecule has 0 amide bonds. The summed E-state index contributed by atoms with van der Waals surface area (Å²) in [4.78, 5) is 4.03. The summed E-state index contributed by atoms with van der Waals surface area (Å²) < 4.78 is 40.3. The molecule has 0 aliphatic heterocycles. The molecule has 0 bridgehead atoms. The molecule has 20 heavy (non-hydrogen) atoms. The van der Waals surface area contributed by atoms with Crippen LogP contribution in [0.5, 0.6) is 0 Å². The normalized spacial score (nSPS) is 12.4. The second-order valence-corrected chi connectivity index (χ2v) is 5.27. The molecule has 0 spiro atoms. The number of pyridine rings is 1. The van der Waals surface area contributed by atoms with E-state index in [2.05, 4.69) is 26.2 Å². The van der Waals surface area contributed by atoms with Crippen LogP contribution >= 0.6 is 15.9 Å². The van der Waals surface area contributed by atoms with Crippen molar-refractivity contribution in [3.05, 3.63) is 63.6 Å². The zero-order chi connectivity index (χ0) is 14.7. The summed E-state index contributed by atoms with van der Waals surface area (Å²) in [7, 11) is 1.68. The third-order valence-electron chi connectivity index (χ3n) is 2.96. The van der Waals surface area contributed by atoms with Gasteiger partial charge in [0.2, 0.25) is 0 Å². The molecule has 0 saturated carbocycles. The van der Waals surface area contributed by atoms with Crippen molar-refractivity contribution in [3.8, 4) is 0 Å². The minimum Gasteiger partial charge on any atom is -0.313 e. The molecule has 0 saturated heterocycles. The summed E-state index contributed by atoms with van der Waals surface area (Å²) in [5.41, 5.74) is 1.24. The van der Waals surface area contributed by atoms with E-state index in [0.29, 0.717) is 12.0 Å². The highest BCUT2D eigenvalue weighted by Crippen LogP contribution is 2.23. The van der Waals surface area contributed by atoms with Crippen LogP contribution < -0.4 is 5.32 Å². The van der Waals surface area contributed by atoms with Gasteiger partial charge in [0, 0.05) is 22.9 Å². The predicted octanol–water partition coefficient (Wildman–Crippen LogP) is 3.76. The minimum atomic E-state index is -1.45. The van der Waals surface area contributed by atoms with Crippen molar-refractivity contribution in [3.63, 3.8) is 0 Å². The fourth-order valence-corrected chi connectivity index (χ4v) is 2.38. The van der Waals surface area contributed by atoms with E-state index in [1.54, 1.807) is 19.4 Å². The number of likely N-dealkylation sites (N-methyl/N-ethyl adjacent to an activating group) is 1. The third-order valence-corrected chi connectivity index (χ3v) is 3.39. The number of rotatable bonds is 4. The van der Waals surface area contributed by atoms with Crippen molar-refractivity contribution in [1.82, 2.24) is 10.3 Å². The largest absolute Gasteiger partial charge is 0.313 e. The molecular weight excluding hydrogens is 333 g/mol. The molecule has 2 rings (SSSR count). The number of nitrogens with one attached hydrogen (secondary N) is 1. The van der Waals surface area contributed by atoms with Gasteiger partial charge in [-0.15, -0.1) is 0 Å². The van der Waals surface area contributed by atoms with E-state index in [-0.39, 0.29) is 6.04 Å². The summed E-state index contributed by atoms with van der Waals surface area (Å²) in [5.74, 6) is -3.83. The Bertz CT molecular complexity index is 596. The van der Waals surface area contributed by atoms with Gasteiger partial charge in [-0.25, -0.2) is 13.2 Å². The molecule has 1 aromatic heterocycles. The van der Waals surface area contributed by atoms with Gasteiger partial charge in [-0.2, -0.15) is 0 Å².